The minimum absolute atomic E-state index is 0.292. The van der Waals surface area contributed by atoms with Crippen LogP contribution < -0.4 is 5.73 Å². The van der Waals surface area contributed by atoms with Crippen LogP contribution in [0.4, 0.5) is 0 Å². The lowest BCUT2D eigenvalue weighted by Crippen LogP contribution is -2.23. The Morgan fingerprint density at radius 2 is 2.38 bits per heavy atom. The molecule has 1 aromatic heterocycles. The minimum atomic E-state index is 0.292. The molecule has 13 heavy (non-hydrogen) atoms. The lowest BCUT2D eigenvalue weighted by Gasteiger charge is -2.25. The number of hydrogen-bond acceptors (Lipinski definition) is 2. The van der Waals surface area contributed by atoms with Crippen LogP contribution in [0.1, 0.15) is 41.6 Å². The molecule has 2 atom stereocenters. The van der Waals surface area contributed by atoms with Crippen LogP contribution in [0, 0.1) is 5.92 Å². The van der Waals surface area contributed by atoms with Crippen molar-refractivity contribution in [2.75, 3.05) is 0 Å². The Hall–Kier alpha value is -0.340. The van der Waals surface area contributed by atoms with Crippen molar-refractivity contribution in [3.63, 3.8) is 0 Å². The third kappa shape index (κ3) is 1.53. The van der Waals surface area contributed by atoms with Gasteiger partial charge in [-0.3, -0.25) is 0 Å². The zero-order valence-corrected chi connectivity index (χ0v) is 9.16. The van der Waals surface area contributed by atoms with E-state index in [0.717, 1.165) is 6.42 Å². The van der Waals surface area contributed by atoms with Crippen LogP contribution in [-0.2, 0) is 12.8 Å². The second kappa shape index (κ2) is 3.43. The molecular formula is C11H17NS. The van der Waals surface area contributed by atoms with Crippen molar-refractivity contribution in [3.05, 3.63) is 21.4 Å². The van der Waals surface area contributed by atoms with Crippen LogP contribution in [0.2, 0.25) is 0 Å². The van der Waals surface area contributed by atoms with E-state index in [9.17, 15) is 0 Å². The van der Waals surface area contributed by atoms with Crippen LogP contribution in [0.25, 0.3) is 0 Å². The highest BCUT2D eigenvalue weighted by molar-refractivity contribution is 7.12. The topological polar surface area (TPSA) is 26.0 Å². The normalized spacial score (nSPS) is 27.3. The molecule has 2 heteroatoms. The van der Waals surface area contributed by atoms with Gasteiger partial charge in [-0.1, -0.05) is 13.8 Å². The summed E-state index contributed by atoms with van der Waals surface area (Å²) >= 11 is 1.96. The maximum absolute atomic E-state index is 6.16. The first-order valence-electron chi connectivity index (χ1n) is 5.09. The number of aryl methyl sites for hydroxylation is 2. The minimum Gasteiger partial charge on any atom is -0.324 e. The van der Waals surface area contributed by atoms with Gasteiger partial charge in [0.2, 0.25) is 0 Å². The van der Waals surface area contributed by atoms with Gasteiger partial charge >= 0.3 is 0 Å². The molecule has 0 fully saturated rings. The molecule has 0 bridgehead atoms. The average molecular weight is 195 g/mol. The van der Waals surface area contributed by atoms with Gasteiger partial charge in [0.15, 0.2) is 0 Å². The fraction of sp³-hybridized carbons (Fsp3) is 0.636. The Kier molecular flexibility index (Phi) is 2.43. The highest BCUT2D eigenvalue weighted by Gasteiger charge is 2.25. The van der Waals surface area contributed by atoms with E-state index >= 15 is 0 Å². The van der Waals surface area contributed by atoms with Gasteiger partial charge in [-0.25, -0.2) is 0 Å². The van der Waals surface area contributed by atoms with E-state index in [4.69, 9.17) is 5.73 Å². The maximum Gasteiger partial charge on any atom is 0.0332 e. The third-order valence-corrected chi connectivity index (χ3v) is 4.40. The molecule has 2 N–H and O–H groups in total. The molecule has 0 spiro atoms. The quantitative estimate of drug-likeness (QED) is 0.732. The first-order valence-corrected chi connectivity index (χ1v) is 5.91. The predicted molar refractivity (Wildman–Crippen MR) is 58.1 cm³/mol. The van der Waals surface area contributed by atoms with Crippen molar-refractivity contribution >= 4 is 11.3 Å². The molecule has 0 saturated carbocycles. The molecule has 0 aromatic carbocycles. The lowest BCUT2D eigenvalue weighted by molar-refractivity contribution is 0.416. The van der Waals surface area contributed by atoms with Crippen LogP contribution in [-0.4, -0.2) is 0 Å². The Morgan fingerprint density at radius 1 is 1.62 bits per heavy atom. The average Bonchev–Trinajstić information content (AvgIpc) is 2.55. The van der Waals surface area contributed by atoms with E-state index in [0.29, 0.717) is 12.0 Å². The lowest BCUT2D eigenvalue weighted by atomic mass is 9.85. The van der Waals surface area contributed by atoms with E-state index in [1.807, 2.05) is 11.3 Å². The van der Waals surface area contributed by atoms with Gasteiger partial charge in [0.05, 0.1) is 0 Å². The first-order chi connectivity index (χ1) is 6.22. The Morgan fingerprint density at radius 3 is 3.08 bits per heavy atom. The van der Waals surface area contributed by atoms with Crippen LogP contribution >= 0.6 is 11.3 Å². The molecule has 0 aliphatic heterocycles. The summed E-state index contributed by atoms with van der Waals surface area (Å²) in [5.41, 5.74) is 7.60. The van der Waals surface area contributed by atoms with E-state index < -0.39 is 0 Å². The van der Waals surface area contributed by atoms with Crippen LogP contribution in [0.15, 0.2) is 6.07 Å². The molecular weight excluding hydrogens is 178 g/mol. The van der Waals surface area contributed by atoms with Gasteiger partial charge in [-0.05, 0) is 36.8 Å². The largest absolute Gasteiger partial charge is 0.324 e. The summed E-state index contributed by atoms with van der Waals surface area (Å²) in [6, 6.07) is 2.61. The van der Waals surface area contributed by atoms with E-state index in [2.05, 4.69) is 19.9 Å². The second-order valence-corrected chi connectivity index (χ2v) is 5.21. The zero-order chi connectivity index (χ0) is 9.42. The Balaban J connectivity index is 2.36. The van der Waals surface area contributed by atoms with Crippen molar-refractivity contribution < 1.29 is 0 Å². The molecule has 72 valence electrons. The monoisotopic (exact) mass is 195 g/mol. The van der Waals surface area contributed by atoms with Crippen molar-refractivity contribution in [3.8, 4) is 0 Å². The fourth-order valence-corrected chi connectivity index (χ4v) is 3.18. The van der Waals surface area contributed by atoms with Gasteiger partial charge in [-0.2, -0.15) is 0 Å². The number of nitrogens with two attached hydrogens (primary N) is 1. The number of hydrogen-bond donors (Lipinski definition) is 1. The molecule has 2 rings (SSSR count). The summed E-state index contributed by atoms with van der Waals surface area (Å²) < 4.78 is 0. The van der Waals surface area contributed by atoms with E-state index in [1.165, 1.54) is 23.3 Å². The number of rotatable bonds is 1. The number of fused-ring (bicyclic) bond motifs is 1. The van der Waals surface area contributed by atoms with Crippen molar-refractivity contribution in [1.29, 1.82) is 0 Å². The summed E-state index contributed by atoms with van der Waals surface area (Å²) in [7, 11) is 0. The van der Waals surface area contributed by atoms with Crippen molar-refractivity contribution in [2.24, 2.45) is 11.7 Å². The van der Waals surface area contributed by atoms with Gasteiger partial charge in [0.1, 0.15) is 0 Å². The second-order valence-electron chi connectivity index (χ2n) is 3.99. The summed E-state index contributed by atoms with van der Waals surface area (Å²) in [4.78, 5) is 3.04. The summed E-state index contributed by atoms with van der Waals surface area (Å²) in [5.74, 6) is 0.659. The molecule has 0 amide bonds. The Bertz CT molecular complexity index is 303. The molecule has 1 aromatic rings. The van der Waals surface area contributed by atoms with Crippen molar-refractivity contribution in [1.82, 2.24) is 0 Å². The van der Waals surface area contributed by atoms with Gasteiger partial charge < -0.3 is 5.73 Å². The molecule has 1 aliphatic rings. The first kappa shape index (κ1) is 9.22. The highest BCUT2D eigenvalue weighted by Crippen LogP contribution is 2.37. The molecule has 1 aliphatic carbocycles. The maximum atomic E-state index is 6.16. The summed E-state index contributed by atoms with van der Waals surface area (Å²) in [5, 5.41) is 0. The van der Waals surface area contributed by atoms with Gasteiger partial charge in [0, 0.05) is 15.8 Å². The fourth-order valence-electron chi connectivity index (χ4n) is 2.00. The SMILES string of the molecule is CCc1cc2c(s1)CCC(C)C2N. The summed E-state index contributed by atoms with van der Waals surface area (Å²) in [6.45, 7) is 4.48. The predicted octanol–water partition coefficient (Wildman–Crippen LogP) is 2.89. The third-order valence-electron chi connectivity index (χ3n) is 3.04. The number of thiophene rings is 1. The van der Waals surface area contributed by atoms with Gasteiger partial charge in [-0.15, -0.1) is 11.3 Å². The smallest absolute Gasteiger partial charge is 0.0332 e. The molecule has 1 nitrogen and oxygen atoms in total. The van der Waals surface area contributed by atoms with Gasteiger partial charge in [0.25, 0.3) is 0 Å². The molecule has 1 heterocycles. The zero-order valence-electron chi connectivity index (χ0n) is 8.34. The van der Waals surface area contributed by atoms with Crippen LogP contribution in [0.5, 0.6) is 0 Å². The standard InChI is InChI=1S/C11H17NS/c1-3-8-6-9-10(13-8)5-4-7(2)11(9)12/h6-7,11H,3-5,12H2,1-2H3. The van der Waals surface area contributed by atoms with E-state index in [1.54, 1.807) is 4.88 Å². The Labute approximate surface area is 84.0 Å². The molecule has 2 unspecified atom stereocenters. The molecule has 0 saturated heterocycles. The van der Waals surface area contributed by atoms with Crippen LogP contribution in [0.3, 0.4) is 0 Å². The summed E-state index contributed by atoms with van der Waals surface area (Å²) in [6.07, 6.45) is 3.66. The molecule has 0 radical (unpaired) electrons. The van der Waals surface area contributed by atoms with Crippen molar-refractivity contribution in [2.45, 2.75) is 39.2 Å². The highest BCUT2D eigenvalue weighted by atomic mass is 32.1. The van der Waals surface area contributed by atoms with E-state index in [-0.39, 0.29) is 0 Å².